The Labute approximate surface area is 144 Å². The summed E-state index contributed by atoms with van der Waals surface area (Å²) in [4.78, 5) is 15.0. The molecule has 126 valence electrons. The lowest BCUT2D eigenvalue weighted by Crippen LogP contribution is -2.39. The van der Waals surface area contributed by atoms with E-state index in [2.05, 4.69) is 42.3 Å². The van der Waals surface area contributed by atoms with Crippen LogP contribution in [-0.2, 0) is 11.3 Å². The summed E-state index contributed by atoms with van der Waals surface area (Å²) in [6.45, 7) is 5.00. The average molecular weight is 322 g/mol. The summed E-state index contributed by atoms with van der Waals surface area (Å²) in [5, 5.41) is 3.16. The molecule has 1 atom stereocenters. The summed E-state index contributed by atoms with van der Waals surface area (Å²) in [6.07, 6.45) is 2.21. The lowest BCUT2D eigenvalue weighted by molar-refractivity contribution is -0.126. The number of hydrogen-bond donors (Lipinski definition) is 1. The van der Waals surface area contributed by atoms with Crippen molar-refractivity contribution in [1.29, 1.82) is 0 Å². The van der Waals surface area contributed by atoms with Gasteiger partial charge < -0.3 is 5.32 Å². The van der Waals surface area contributed by atoms with Crippen LogP contribution in [0, 0.1) is 13.8 Å². The minimum Gasteiger partial charge on any atom is -0.352 e. The predicted molar refractivity (Wildman–Crippen MR) is 97.7 cm³/mol. The van der Waals surface area contributed by atoms with Gasteiger partial charge in [0.2, 0.25) is 5.91 Å². The summed E-state index contributed by atoms with van der Waals surface area (Å²) < 4.78 is 0. The number of carbonyl (C=O) groups excluding carboxylic acids is 1. The summed E-state index contributed by atoms with van der Waals surface area (Å²) in [7, 11) is 2.03. The molecule has 24 heavy (non-hydrogen) atoms. The van der Waals surface area contributed by atoms with Crippen LogP contribution in [-0.4, -0.2) is 23.9 Å². The first-order valence-corrected chi connectivity index (χ1v) is 8.66. The van der Waals surface area contributed by atoms with Crippen molar-refractivity contribution in [3.05, 3.63) is 70.8 Å². The van der Waals surface area contributed by atoms with Crippen LogP contribution in [0.25, 0.3) is 0 Å². The van der Waals surface area contributed by atoms with Crippen molar-refractivity contribution in [1.82, 2.24) is 10.2 Å². The molecular weight excluding hydrogens is 296 g/mol. The fraction of sp³-hybridized carbons (Fsp3) is 0.381. The van der Waals surface area contributed by atoms with Crippen molar-refractivity contribution in [3.63, 3.8) is 0 Å². The van der Waals surface area contributed by atoms with Crippen molar-refractivity contribution in [2.75, 3.05) is 7.05 Å². The molecule has 0 saturated heterocycles. The van der Waals surface area contributed by atoms with E-state index in [1.54, 1.807) is 0 Å². The monoisotopic (exact) mass is 322 g/mol. The van der Waals surface area contributed by atoms with Gasteiger partial charge in [0.05, 0.1) is 0 Å². The molecule has 0 aliphatic heterocycles. The van der Waals surface area contributed by atoms with Crippen molar-refractivity contribution in [2.24, 2.45) is 0 Å². The van der Waals surface area contributed by atoms with Gasteiger partial charge in [0.1, 0.15) is 6.04 Å². The van der Waals surface area contributed by atoms with Gasteiger partial charge in [-0.1, -0.05) is 54.1 Å². The summed E-state index contributed by atoms with van der Waals surface area (Å²) in [5.41, 5.74) is 4.85. The van der Waals surface area contributed by atoms with Gasteiger partial charge in [-0.15, -0.1) is 0 Å². The van der Waals surface area contributed by atoms with E-state index in [-0.39, 0.29) is 11.9 Å². The standard InChI is InChI=1S/C21H26N2O/c1-15-9-10-18(16(2)13-15)14-23(3)20(17-7-5-4-6-8-17)21(24)22-19-11-12-19/h4-10,13,19-20H,11-12,14H2,1-3H3,(H,22,24)/t20-/m1/s1. The van der Waals surface area contributed by atoms with Crippen LogP contribution < -0.4 is 5.32 Å². The van der Waals surface area contributed by atoms with E-state index in [1.807, 2.05) is 37.4 Å². The number of carbonyl (C=O) groups is 1. The minimum absolute atomic E-state index is 0.107. The molecule has 0 unspecified atom stereocenters. The van der Waals surface area contributed by atoms with Crippen LogP contribution in [0.3, 0.4) is 0 Å². The zero-order chi connectivity index (χ0) is 17.1. The first kappa shape index (κ1) is 16.7. The van der Waals surface area contributed by atoms with E-state index in [4.69, 9.17) is 0 Å². The lowest BCUT2D eigenvalue weighted by atomic mass is 10.0. The number of benzene rings is 2. The molecule has 0 aromatic heterocycles. The Balaban J connectivity index is 1.82. The van der Waals surface area contributed by atoms with Crippen LogP contribution in [0.2, 0.25) is 0 Å². The topological polar surface area (TPSA) is 32.3 Å². The molecule has 3 nitrogen and oxygen atoms in total. The summed E-state index contributed by atoms with van der Waals surface area (Å²) in [6, 6.07) is 16.7. The molecule has 0 bridgehead atoms. The van der Waals surface area contributed by atoms with Crippen molar-refractivity contribution >= 4 is 5.91 Å². The third kappa shape index (κ3) is 4.04. The lowest BCUT2D eigenvalue weighted by Gasteiger charge is -2.28. The third-order valence-electron chi connectivity index (χ3n) is 4.65. The van der Waals surface area contributed by atoms with Crippen LogP contribution in [0.5, 0.6) is 0 Å². The Bertz CT molecular complexity index is 707. The molecule has 0 radical (unpaired) electrons. The SMILES string of the molecule is Cc1ccc(CN(C)[C@@H](C(=O)NC2CC2)c2ccccc2)c(C)c1. The molecule has 2 aromatic carbocycles. The van der Waals surface area contributed by atoms with E-state index < -0.39 is 0 Å². The Morgan fingerprint density at radius 2 is 1.88 bits per heavy atom. The molecule has 3 heteroatoms. The highest BCUT2D eigenvalue weighted by molar-refractivity contribution is 5.83. The Morgan fingerprint density at radius 1 is 1.17 bits per heavy atom. The van der Waals surface area contributed by atoms with Gasteiger partial charge in [-0.25, -0.2) is 0 Å². The molecule has 0 heterocycles. The van der Waals surface area contributed by atoms with Crippen LogP contribution in [0.1, 0.15) is 41.1 Å². The summed E-state index contributed by atoms with van der Waals surface area (Å²) >= 11 is 0. The van der Waals surface area contributed by atoms with Gasteiger partial charge in [-0.2, -0.15) is 0 Å². The second kappa shape index (κ2) is 7.18. The molecule has 1 N–H and O–H groups in total. The molecule has 1 aliphatic rings. The highest BCUT2D eigenvalue weighted by Gasteiger charge is 2.30. The molecule has 1 fully saturated rings. The first-order chi connectivity index (χ1) is 11.5. The maximum Gasteiger partial charge on any atom is 0.242 e. The van der Waals surface area contributed by atoms with Crippen molar-refractivity contribution in [3.8, 4) is 0 Å². The molecule has 0 spiro atoms. The molecule has 3 rings (SSSR count). The van der Waals surface area contributed by atoms with Gasteiger partial charge >= 0.3 is 0 Å². The van der Waals surface area contributed by atoms with Crippen molar-refractivity contribution < 1.29 is 4.79 Å². The number of likely N-dealkylation sites (N-methyl/N-ethyl adjacent to an activating group) is 1. The Hall–Kier alpha value is -2.13. The van der Waals surface area contributed by atoms with Crippen molar-refractivity contribution in [2.45, 2.75) is 45.3 Å². The number of hydrogen-bond acceptors (Lipinski definition) is 2. The maximum absolute atomic E-state index is 12.8. The van der Waals surface area contributed by atoms with E-state index >= 15 is 0 Å². The first-order valence-electron chi connectivity index (χ1n) is 8.66. The van der Waals surface area contributed by atoms with E-state index in [0.29, 0.717) is 6.04 Å². The minimum atomic E-state index is -0.257. The zero-order valence-corrected chi connectivity index (χ0v) is 14.8. The van der Waals surface area contributed by atoms with Gasteiger partial charge in [0.15, 0.2) is 0 Å². The fourth-order valence-corrected chi connectivity index (χ4v) is 3.13. The number of nitrogens with one attached hydrogen (secondary N) is 1. The number of aryl methyl sites for hydroxylation is 2. The van der Waals surface area contributed by atoms with E-state index in [9.17, 15) is 4.79 Å². The molecule has 1 amide bonds. The second-order valence-corrected chi connectivity index (χ2v) is 6.94. The molecule has 1 aliphatic carbocycles. The largest absolute Gasteiger partial charge is 0.352 e. The van der Waals surface area contributed by atoms with Gasteiger partial charge in [-0.05, 0) is 50.4 Å². The number of rotatable bonds is 6. The van der Waals surface area contributed by atoms with Crippen LogP contribution in [0.4, 0.5) is 0 Å². The van der Waals surface area contributed by atoms with Crippen LogP contribution in [0.15, 0.2) is 48.5 Å². The van der Waals surface area contributed by atoms with Gasteiger partial charge in [0, 0.05) is 12.6 Å². The Kier molecular flexibility index (Phi) is 5.00. The molecule has 1 saturated carbocycles. The third-order valence-corrected chi connectivity index (χ3v) is 4.65. The fourth-order valence-electron chi connectivity index (χ4n) is 3.13. The van der Waals surface area contributed by atoms with Gasteiger partial charge in [-0.3, -0.25) is 9.69 Å². The predicted octanol–water partition coefficient (Wildman–Crippen LogP) is 3.76. The normalized spacial score (nSPS) is 15.3. The van der Waals surface area contributed by atoms with E-state index in [0.717, 1.165) is 24.9 Å². The Morgan fingerprint density at radius 3 is 2.50 bits per heavy atom. The second-order valence-electron chi connectivity index (χ2n) is 6.94. The molecular formula is C21H26N2O. The van der Waals surface area contributed by atoms with Gasteiger partial charge in [0.25, 0.3) is 0 Å². The quantitative estimate of drug-likeness (QED) is 0.878. The number of nitrogens with zero attached hydrogens (tertiary/aromatic N) is 1. The van der Waals surface area contributed by atoms with Crippen LogP contribution >= 0.6 is 0 Å². The smallest absolute Gasteiger partial charge is 0.242 e. The average Bonchev–Trinajstić information content (AvgIpc) is 3.35. The highest BCUT2D eigenvalue weighted by atomic mass is 16.2. The number of amides is 1. The summed E-state index contributed by atoms with van der Waals surface area (Å²) in [5.74, 6) is 0.107. The zero-order valence-electron chi connectivity index (χ0n) is 14.8. The molecule has 2 aromatic rings. The maximum atomic E-state index is 12.8. The van der Waals surface area contributed by atoms with E-state index in [1.165, 1.54) is 16.7 Å². The highest BCUT2D eigenvalue weighted by Crippen LogP contribution is 2.26.